The first-order chi connectivity index (χ1) is 11.5. The Bertz CT molecular complexity index is 787. The van der Waals surface area contributed by atoms with Crippen molar-refractivity contribution in [3.63, 3.8) is 0 Å². The second-order valence-corrected chi connectivity index (χ2v) is 6.86. The second-order valence-electron chi connectivity index (χ2n) is 5.86. The van der Waals surface area contributed by atoms with Gasteiger partial charge in [0.1, 0.15) is 6.04 Å². The number of thioether (sulfide) groups is 1. The Hall–Kier alpha value is -2.28. The van der Waals surface area contributed by atoms with E-state index in [1.807, 2.05) is 32.0 Å². The molecule has 7 heteroatoms. The lowest BCUT2D eigenvalue weighted by Crippen LogP contribution is -2.44. The summed E-state index contributed by atoms with van der Waals surface area (Å²) in [4.78, 5) is 26.7. The molecule has 6 nitrogen and oxygen atoms in total. The van der Waals surface area contributed by atoms with Crippen LogP contribution in [0, 0.1) is 20.8 Å². The predicted octanol–water partition coefficient (Wildman–Crippen LogP) is 2.75. The number of hydrogen-bond acceptors (Lipinski definition) is 5. The van der Waals surface area contributed by atoms with Gasteiger partial charge in [-0.3, -0.25) is 9.59 Å². The van der Waals surface area contributed by atoms with Gasteiger partial charge in [0, 0.05) is 17.5 Å². The number of amides is 2. The molecule has 0 saturated carbocycles. The fourth-order valence-corrected chi connectivity index (χ4v) is 3.72. The minimum Gasteiger partial charge on any atom is -0.351 e. The molecule has 126 valence electrons. The second kappa shape index (κ2) is 6.68. The molecule has 2 aromatic rings. The summed E-state index contributed by atoms with van der Waals surface area (Å²) in [5.41, 5.74) is 3.56. The number of aromatic nitrogens is 1. The standard InChI is InChI=1S/C17H19N3O3S/c1-10-5-4-6-13(12(10)3)18-16(21)14-8-24-9-20(14)17(22)15-7-11(2)19-23-15/h4-7,14H,8-9H2,1-3H3,(H,18,21). The van der Waals surface area contributed by atoms with Crippen molar-refractivity contribution in [2.75, 3.05) is 16.9 Å². The first-order valence-corrected chi connectivity index (χ1v) is 8.82. The zero-order chi connectivity index (χ0) is 17.3. The molecule has 1 unspecified atom stereocenters. The third-order valence-electron chi connectivity index (χ3n) is 4.15. The van der Waals surface area contributed by atoms with Crippen molar-refractivity contribution >= 4 is 29.3 Å². The molecule has 1 fully saturated rings. The van der Waals surface area contributed by atoms with Crippen molar-refractivity contribution in [1.29, 1.82) is 0 Å². The maximum atomic E-state index is 12.7. The van der Waals surface area contributed by atoms with Crippen molar-refractivity contribution in [3.8, 4) is 0 Å². The van der Waals surface area contributed by atoms with Gasteiger partial charge in [0.25, 0.3) is 5.91 Å². The number of nitrogens with one attached hydrogen (secondary N) is 1. The van der Waals surface area contributed by atoms with Crippen LogP contribution in [0.4, 0.5) is 5.69 Å². The third kappa shape index (κ3) is 3.17. The van der Waals surface area contributed by atoms with Crippen molar-refractivity contribution in [1.82, 2.24) is 10.1 Å². The zero-order valence-corrected chi connectivity index (χ0v) is 14.6. The van der Waals surface area contributed by atoms with Gasteiger partial charge in [0.05, 0.1) is 11.6 Å². The van der Waals surface area contributed by atoms with Gasteiger partial charge >= 0.3 is 0 Å². The molecule has 1 atom stereocenters. The molecule has 3 rings (SSSR count). The number of nitrogens with zero attached hydrogens (tertiary/aromatic N) is 2. The first kappa shape index (κ1) is 16.6. The van der Waals surface area contributed by atoms with E-state index in [-0.39, 0.29) is 17.6 Å². The molecule has 1 aromatic heterocycles. The Balaban J connectivity index is 1.76. The summed E-state index contributed by atoms with van der Waals surface area (Å²) in [6.45, 7) is 5.72. The summed E-state index contributed by atoms with van der Waals surface area (Å²) in [6, 6.07) is 6.84. The van der Waals surface area contributed by atoms with E-state index < -0.39 is 6.04 Å². The minimum atomic E-state index is -0.521. The van der Waals surface area contributed by atoms with Gasteiger partial charge in [0.2, 0.25) is 11.7 Å². The van der Waals surface area contributed by atoms with Gasteiger partial charge in [-0.25, -0.2) is 0 Å². The topological polar surface area (TPSA) is 75.4 Å². The SMILES string of the molecule is Cc1cc(C(=O)N2CSCC2C(=O)Nc2cccc(C)c2C)on1. The number of aryl methyl sites for hydroxylation is 2. The average Bonchev–Trinajstić information content (AvgIpc) is 3.20. The fourth-order valence-electron chi connectivity index (χ4n) is 2.57. The summed E-state index contributed by atoms with van der Waals surface area (Å²) in [7, 11) is 0. The normalized spacial score (nSPS) is 17.1. The number of carbonyl (C=O) groups excluding carboxylic acids is 2. The van der Waals surface area contributed by atoms with Crippen molar-refractivity contribution in [2.45, 2.75) is 26.8 Å². The van der Waals surface area contributed by atoms with Crippen LogP contribution in [0.3, 0.4) is 0 Å². The highest BCUT2D eigenvalue weighted by Gasteiger charge is 2.36. The third-order valence-corrected chi connectivity index (χ3v) is 5.16. The molecule has 1 aromatic carbocycles. The summed E-state index contributed by atoms with van der Waals surface area (Å²) in [6.07, 6.45) is 0. The van der Waals surface area contributed by atoms with Crippen molar-refractivity contribution in [3.05, 3.63) is 46.8 Å². The minimum absolute atomic E-state index is 0.166. The quantitative estimate of drug-likeness (QED) is 0.926. The Morgan fingerprint density at radius 2 is 2.12 bits per heavy atom. The summed E-state index contributed by atoms with van der Waals surface area (Å²) >= 11 is 1.55. The first-order valence-electron chi connectivity index (χ1n) is 7.66. The van der Waals surface area contributed by atoms with Crippen LogP contribution in [-0.2, 0) is 4.79 Å². The molecule has 0 aliphatic carbocycles. The molecule has 0 bridgehead atoms. The molecule has 0 radical (unpaired) electrons. The van der Waals surface area contributed by atoms with Gasteiger partial charge in [0.15, 0.2) is 0 Å². The molecule has 1 saturated heterocycles. The van der Waals surface area contributed by atoms with Crippen LogP contribution in [-0.4, -0.2) is 39.5 Å². The summed E-state index contributed by atoms with van der Waals surface area (Å²) in [5, 5.41) is 6.68. The lowest BCUT2D eigenvalue weighted by atomic mass is 10.1. The van der Waals surface area contributed by atoms with Crippen LogP contribution < -0.4 is 5.32 Å². The monoisotopic (exact) mass is 345 g/mol. The zero-order valence-electron chi connectivity index (χ0n) is 13.8. The molecule has 1 aliphatic rings. The van der Waals surface area contributed by atoms with E-state index in [1.165, 1.54) is 4.90 Å². The molecular formula is C17H19N3O3S. The van der Waals surface area contributed by atoms with Crippen LogP contribution in [0.2, 0.25) is 0 Å². The van der Waals surface area contributed by atoms with Crippen LogP contribution in [0.15, 0.2) is 28.8 Å². The molecule has 0 spiro atoms. The highest BCUT2D eigenvalue weighted by molar-refractivity contribution is 7.99. The Morgan fingerprint density at radius 3 is 2.83 bits per heavy atom. The van der Waals surface area contributed by atoms with Crippen molar-refractivity contribution < 1.29 is 14.1 Å². The summed E-state index contributed by atoms with van der Waals surface area (Å²) in [5.74, 6) is 0.707. The highest BCUT2D eigenvalue weighted by Crippen LogP contribution is 2.25. The largest absolute Gasteiger partial charge is 0.351 e. The van der Waals surface area contributed by atoms with Gasteiger partial charge in [-0.15, -0.1) is 11.8 Å². The van der Waals surface area contributed by atoms with E-state index in [2.05, 4.69) is 10.5 Å². The van der Waals surface area contributed by atoms with Crippen LogP contribution in [0.5, 0.6) is 0 Å². The van der Waals surface area contributed by atoms with Crippen LogP contribution >= 0.6 is 11.8 Å². The van der Waals surface area contributed by atoms with E-state index in [0.29, 0.717) is 17.3 Å². The van der Waals surface area contributed by atoms with E-state index in [9.17, 15) is 9.59 Å². The number of benzene rings is 1. The van der Waals surface area contributed by atoms with E-state index >= 15 is 0 Å². The average molecular weight is 345 g/mol. The lowest BCUT2D eigenvalue weighted by molar-refractivity contribution is -0.119. The molecular weight excluding hydrogens is 326 g/mol. The van der Waals surface area contributed by atoms with E-state index in [0.717, 1.165) is 16.8 Å². The van der Waals surface area contributed by atoms with Crippen LogP contribution in [0.1, 0.15) is 27.4 Å². The number of anilines is 1. The van der Waals surface area contributed by atoms with Gasteiger partial charge in [-0.1, -0.05) is 17.3 Å². The molecule has 1 aliphatic heterocycles. The number of carbonyl (C=O) groups is 2. The Labute approximate surface area is 144 Å². The number of hydrogen-bond donors (Lipinski definition) is 1. The Morgan fingerprint density at radius 1 is 1.33 bits per heavy atom. The Kier molecular flexibility index (Phi) is 4.62. The molecule has 1 N–H and O–H groups in total. The molecule has 24 heavy (non-hydrogen) atoms. The maximum absolute atomic E-state index is 12.7. The van der Waals surface area contributed by atoms with Crippen molar-refractivity contribution in [2.24, 2.45) is 0 Å². The highest BCUT2D eigenvalue weighted by atomic mass is 32.2. The van der Waals surface area contributed by atoms with E-state index in [4.69, 9.17) is 4.52 Å². The molecule has 2 amide bonds. The smallest absolute Gasteiger partial charge is 0.293 e. The summed E-state index contributed by atoms with van der Waals surface area (Å²) < 4.78 is 5.04. The fraction of sp³-hybridized carbons (Fsp3) is 0.353. The van der Waals surface area contributed by atoms with Crippen LogP contribution in [0.25, 0.3) is 0 Å². The lowest BCUT2D eigenvalue weighted by Gasteiger charge is -2.22. The van der Waals surface area contributed by atoms with E-state index in [1.54, 1.807) is 24.8 Å². The van der Waals surface area contributed by atoms with Gasteiger partial charge in [-0.05, 0) is 38.0 Å². The maximum Gasteiger partial charge on any atom is 0.293 e. The predicted molar refractivity (Wildman–Crippen MR) is 93.1 cm³/mol. The van der Waals surface area contributed by atoms with Gasteiger partial charge < -0.3 is 14.7 Å². The number of rotatable bonds is 3. The van der Waals surface area contributed by atoms with Gasteiger partial charge in [-0.2, -0.15) is 0 Å². The molecule has 2 heterocycles.